The van der Waals surface area contributed by atoms with Crippen LogP contribution in [0, 0.1) is 0 Å². The maximum Gasteiger partial charge on any atom is 0.215 e. The van der Waals surface area contributed by atoms with E-state index >= 15 is 0 Å². The molecule has 1 aromatic heterocycles. The van der Waals surface area contributed by atoms with E-state index in [1.165, 1.54) is 0 Å². The number of carbonyl (C=O) groups is 1. The van der Waals surface area contributed by atoms with Crippen molar-refractivity contribution in [1.82, 2.24) is 4.57 Å². The second-order valence-electron chi connectivity index (χ2n) is 6.55. The molecule has 0 saturated carbocycles. The molecule has 0 atom stereocenters. The molecule has 2 heterocycles. The number of hydrogen-bond donors (Lipinski definition) is 1. The van der Waals surface area contributed by atoms with E-state index in [-0.39, 0.29) is 17.2 Å². The number of ketones is 1. The number of ether oxygens (including phenoxy) is 1. The third-order valence-electron chi connectivity index (χ3n) is 5.00. The molecule has 4 aromatic rings. The third-order valence-corrected chi connectivity index (χ3v) is 5.00. The fourth-order valence-corrected chi connectivity index (χ4v) is 3.66. The smallest absolute Gasteiger partial charge is 0.215 e. The molecule has 5 nitrogen and oxygen atoms in total. The molecule has 5 heteroatoms. The van der Waals surface area contributed by atoms with Gasteiger partial charge in [0.1, 0.15) is 17.2 Å². The van der Waals surface area contributed by atoms with Crippen LogP contribution in [0.2, 0.25) is 0 Å². The van der Waals surface area contributed by atoms with Crippen LogP contribution < -0.4 is 4.74 Å². The largest absolute Gasteiger partial charge is 0.505 e. The van der Waals surface area contributed by atoms with Crippen molar-refractivity contribution in [3.8, 4) is 17.2 Å². The van der Waals surface area contributed by atoms with Crippen LogP contribution >= 0.6 is 0 Å². The lowest BCUT2D eigenvalue weighted by molar-refractivity contribution is 0.106. The Morgan fingerprint density at radius 2 is 1.64 bits per heavy atom. The average molecular weight is 368 g/mol. The van der Waals surface area contributed by atoms with E-state index in [0.29, 0.717) is 22.3 Å². The summed E-state index contributed by atoms with van der Waals surface area (Å²) >= 11 is 0. The monoisotopic (exact) mass is 368 g/mol. The second-order valence-corrected chi connectivity index (χ2v) is 6.55. The van der Waals surface area contributed by atoms with Crippen molar-refractivity contribution >= 4 is 28.1 Å². The Morgan fingerprint density at radius 1 is 0.929 bits per heavy atom. The van der Waals surface area contributed by atoms with Gasteiger partial charge in [0, 0.05) is 16.6 Å². The van der Waals surface area contributed by atoms with Gasteiger partial charge in [0.05, 0.1) is 18.3 Å². The second kappa shape index (κ2) is 6.09. The number of hydrogen-bond acceptors (Lipinski definition) is 4. The Balaban J connectivity index is 1.80. The lowest BCUT2D eigenvalue weighted by Gasteiger charge is -2.11. The zero-order valence-corrected chi connectivity index (χ0v) is 15.1. The molecule has 0 aliphatic carbocycles. The van der Waals surface area contributed by atoms with Crippen molar-refractivity contribution in [2.75, 3.05) is 7.11 Å². The van der Waals surface area contributed by atoms with Crippen molar-refractivity contribution in [3.63, 3.8) is 0 Å². The molecule has 136 valence electrons. The number of aliphatic imine (C=N–C) groups is 1. The summed E-state index contributed by atoms with van der Waals surface area (Å²) in [5.41, 5.74) is 3.40. The first-order valence-corrected chi connectivity index (χ1v) is 8.88. The first kappa shape index (κ1) is 16.3. The van der Waals surface area contributed by atoms with Crippen molar-refractivity contribution in [3.05, 3.63) is 84.1 Å². The molecular formula is C23H16N2O3. The van der Waals surface area contributed by atoms with Crippen LogP contribution in [0.5, 0.6) is 11.5 Å². The fourth-order valence-electron chi connectivity index (χ4n) is 3.66. The zero-order chi connectivity index (χ0) is 19.3. The molecule has 0 amide bonds. The van der Waals surface area contributed by atoms with Gasteiger partial charge >= 0.3 is 0 Å². The maximum atomic E-state index is 13.0. The lowest BCUT2D eigenvalue weighted by atomic mass is 10.1. The van der Waals surface area contributed by atoms with Crippen molar-refractivity contribution in [1.29, 1.82) is 0 Å². The minimum Gasteiger partial charge on any atom is -0.505 e. The van der Waals surface area contributed by atoms with Gasteiger partial charge < -0.3 is 14.4 Å². The summed E-state index contributed by atoms with van der Waals surface area (Å²) in [6.45, 7) is 0. The van der Waals surface area contributed by atoms with Crippen molar-refractivity contribution < 1.29 is 14.6 Å². The summed E-state index contributed by atoms with van der Waals surface area (Å²) in [4.78, 5) is 17.6. The fraction of sp³-hybridized carbons (Fsp3) is 0.0435. The number of rotatable bonds is 3. The number of aromatic nitrogens is 1. The number of carbonyl (C=O) groups excluding carboxylic acids is 1. The van der Waals surface area contributed by atoms with Gasteiger partial charge in [-0.15, -0.1) is 0 Å². The van der Waals surface area contributed by atoms with Gasteiger partial charge in [-0.05, 0) is 48.5 Å². The van der Waals surface area contributed by atoms with Crippen LogP contribution in [0.4, 0.5) is 5.69 Å². The summed E-state index contributed by atoms with van der Waals surface area (Å²) in [5, 5.41) is 11.7. The number of aromatic hydroxyl groups is 1. The molecule has 28 heavy (non-hydrogen) atoms. The molecule has 0 spiro atoms. The molecule has 1 aliphatic rings. The Kier molecular flexibility index (Phi) is 3.55. The average Bonchev–Trinajstić information content (AvgIpc) is 3.23. The van der Waals surface area contributed by atoms with Gasteiger partial charge in [-0.3, -0.25) is 4.79 Å². The molecule has 0 fully saturated rings. The predicted molar refractivity (Wildman–Crippen MR) is 108 cm³/mol. The maximum absolute atomic E-state index is 13.0. The minimum absolute atomic E-state index is 0.0475. The Morgan fingerprint density at radius 3 is 2.39 bits per heavy atom. The third kappa shape index (κ3) is 2.26. The summed E-state index contributed by atoms with van der Waals surface area (Å²) < 4.78 is 7.12. The normalized spacial score (nSPS) is 12.9. The minimum atomic E-state index is -0.191. The standard InChI is InChI=1S/C23H16N2O3/c1-28-15-12-10-14(11-13-15)25-19-9-5-3-7-17(19)23(27)21(25)20-22(26)16-6-2-4-8-18(16)24-20/h2-13,27H,1H3. The highest BCUT2D eigenvalue weighted by Crippen LogP contribution is 2.39. The number of para-hydroxylation sites is 2. The zero-order valence-electron chi connectivity index (χ0n) is 15.1. The van der Waals surface area contributed by atoms with E-state index < -0.39 is 0 Å². The summed E-state index contributed by atoms with van der Waals surface area (Å²) in [7, 11) is 1.61. The van der Waals surface area contributed by atoms with E-state index in [1.54, 1.807) is 19.2 Å². The van der Waals surface area contributed by atoms with Gasteiger partial charge in [-0.1, -0.05) is 24.3 Å². The topological polar surface area (TPSA) is 63.8 Å². The molecule has 0 radical (unpaired) electrons. The van der Waals surface area contributed by atoms with Gasteiger partial charge in [-0.2, -0.15) is 0 Å². The van der Waals surface area contributed by atoms with Gasteiger partial charge in [-0.25, -0.2) is 4.99 Å². The first-order chi connectivity index (χ1) is 13.7. The molecule has 1 aliphatic heterocycles. The number of Topliss-reactive ketones (excluding diaryl/α,β-unsaturated/α-hetero) is 1. The quantitative estimate of drug-likeness (QED) is 0.572. The summed E-state index contributed by atoms with van der Waals surface area (Å²) in [5.74, 6) is 0.586. The van der Waals surface area contributed by atoms with Crippen LogP contribution in [-0.4, -0.2) is 28.3 Å². The Labute approximate surface area is 161 Å². The number of benzene rings is 3. The number of nitrogens with zero attached hydrogens (tertiary/aromatic N) is 2. The van der Waals surface area contributed by atoms with Crippen LogP contribution in [0.1, 0.15) is 16.1 Å². The molecule has 1 N–H and O–H groups in total. The van der Waals surface area contributed by atoms with Crippen LogP contribution in [0.3, 0.4) is 0 Å². The van der Waals surface area contributed by atoms with Crippen LogP contribution in [0.25, 0.3) is 16.6 Å². The van der Waals surface area contributed by atoms with Gasteiger partial charge in [0.2, 0.25) is 5.78 Å². The summed E-state index contributed by atoms with van der Waals surface area (Å²) in [6.07, 6.45) is 0. The molecule has 0 unspecified atom stereocenters. The van der Waals surface area contributed by atoms with E-state index in [4.69, 9.17) is 4.74 Å². The molecule has 5 rings (SSSR count). The van der Waals surface area contributed by atoms with Crippen molar-refractivity contribution in [2.45, 2.75) is 0 Å². The van der Waals surface area contributed by atoms with E-state index in [0.717, 1.165) is 17.0 Å². The van der Waals surface area contributed by atoms with E-state index in [9.17, 15) is 9.90 Å². The molecule has 0 bridgehead atoms. The molecular weight excluding hydrogens is 352 g/mol. The highest BCUT2D eigenvalue weighted by Gasteiger charge is 2.32. The SMILES string of the molecule is COc1ccc(-n2c(C3=Nc4ccccc4C3=O)c(O)c3ccccc32)cc1. The molecule has 0 saturated heterocycles. The predicted octanol–water partition coefficient (Wildman–Crippen LogP) is 4.66. The number of fused-ring (bicyclic) bond motifs is 2. The van der Waals surface area contributed by atoms with Gasteiger partial charge in [0.15, 0.2) is 5.75 Å². The van der Waals surface area contributed by atoms with Gasteiger partial charge in [0.25, 0.3) is 0 Å². The highest BCUT2D eigenvalue weighted by molar-refractivity contribution is 6.55. The Hall–Kier alpha value is -3.86. The van der Waals surface area contributed by atoms with Crippen molar-refractivity contribution in [2.24, 2.45) is 4.99 Å². The van der Waals surface area contributed by atoms with E-state index in [1.807, 2.05) is 65.2 Å². The van der Waals surface area contributed by atoms with E-state index in [2.05, 4.69) is 4.99 Å². The Bertz CT molecular complexity index is 1270. The summed E-state index contributed by atoms with van der Waals surface area (Å²) in [6, 6.07) is 22.2. The van der Waals surface area contributed by atoms with Crippen LogP contribution in [-0.2, 0) is 0 Å². The number of methoxy groups -OCH3 is 1. The lowest BCUT2D eigenvalue weighted by Crippen LogP contribution is -2.15. The first-order valence-electron chi connectivity index (χ1n) is 8.88. The highest BCUT2D eigenvalue weighted by atomic mass is 16.5. The molecule has 3 aromatic carbocycles. The van der Waals surface area contributed by atoms with Crippen LogP contribution in [0.15, 0.2) is 77.8 Å².